The molecule has 0 aliphatic rings. The van der Waals surface area contributed by atoms with E-state index in [4.69, 9.17) is 19.2 Å². The molecule has 0 aromatic carbocycles. The Balaban J connectivity index is -0.0000000800. The summed E-state index contributed by atoms with van der Waals surface area (Å²) in [6.45, 7) is 0. The average Bonchev–Trinajstić information content (AvgIpc) is 0.722. The van der Waals surface area contributed by atoms with E-state index in [1.165, 1.54) is 0 Å². The fraction of sp³-hybridized carbons (Fsp3) is 0. The van der Waals surface area contributed by atoms with Crippen molar-refractivity contribution in [3.63, 3.8) is 0 Å². The molecule has 0 fully saturated rings. The van der Waals surface area contributed by atoms with Crippen LogP contribution in [0.5, 0.6) is 0 Å². The van der Waals surface area contributed by atoms with Gasteiger partial charge in [0.2, 0.25) is 0 Å². The minimum atomic E-state index is -4.64. The second kappa shape index (κ2) is 3.06. The van der Waals surface area contributed by atoms with Crippen molar-refractivity contribution in [2.24, 2.45) is 0 Å². The first kappa shape index (κ1) is 10.1. The van der Waals surface area contributed by atoms with Gasteiger partial charge in [0.25, 0.3) is 0 Å². The molecule has 36 valence electrons. The van der Waals surface area contributed by atoms with Crippen LogP contribution in [0.1, 0.15) is 1.43 Å². The molecule has 0 heterocycles. The third-order valence-electron chi connectivity index (χ3n) is 0. The van der Waals surface area contributed by atoms with Gasteiger partial charge in [0, 0.05) is 26.2 Å². The molecular weight excluding hydrogens is 186 g/mol. The van der Waals surface area contributed by atoms with Crippen molar-refractivity contribution < 1.29 is 46.9 Å². The number of rotatable bonds is 0. The zero-order valence-corrected chi connectivity index (χ0v) is 6.05. The molecule has 6 heteroatoms. The van der Waals surface area contributed by atoms with Crippen molar-refractivity contribution >= 4 is 7.82 Å². The van der Waals surface area contributed by atoms with E-state index >= 15 is 0 Å². The third kappa shape index (κ3) is 80.7. The van der Waals surface area contributed by atoms with Crippen LogP contribution in [-0.2, 0) is 30.8 Å². The summed E-state index contributed by atoms with van der Waals surface area (Å²) in [5, 5.41) is 0. The SMILES string of the molecule is O=P(O)(O)O.[H+].[Zr]. The number of hydrogen-bond acceptors (Lipinski definition) is 1. The molecule has 3 N–H and O–H groups in total. The van der Waals surface area contributed by atoms with Crippen LogP contribution < -0.4 is 0 Å². The second-order valence-electron chi connectivity index (χ2n) is 0.513. The maximum atomic E-state index is 8.88. The maximum absolute atomic E-state index is 8.88. The van der Waals surface area contributed by atoms with Gasteiger partial charge in [-0.2, -0.15) is 0 Å². The zero-order chi connectivity index (χ0) is 4.50. The molecule has 0 saturated carbocycles. The minimum absolute atomic E-state index is 0. The molecule has 0 aromatic rings. The van der Waals surface area contributed by atoms with Gasteiger partial charge in [0.05, 0.1) is 0 Å². The molecule has 0 radical (unpaired) electrons. The predicted molar refractivity (Wildman–Crippen MR) is 15.4 cm³/mol. The molecular formula is H4O4PZr+. The van der Waals surface area contributed by atoms with Crippen LogP contribution in [0, 0.1) is 0 Å². The van der Waals surface area contributed by atoms with Gasteiger partial charge in [0.1, 0.15) is 0 Å². The van der Waals surface area contributed by atoms with Gasteiger partial charge in [-0.25, -0.2) is 4.57 Å². The van der Waals surface area contributed by atoms with E-state index in [-0.39, 0.29) is 27.6 Å². The van der Waals surface area contributed by atoms with E-state index in [9.17, 15) is 0 Å². The summed E-state index contributed by atoms with van der Waals surface area (Å²) in [4.78, 5) is 21.6. The Morgan fingerprint density at radius 1 is 1.33 bits per heavy atom. The summed E-state index contributed by atoms with van der Waals surface area (Å²) in [5.41, 5.74) is 0. The van der Waals surface area contributed by atoms with Gasteiger partial charge in [-0.15, -0.1) is 0 Å². The van der Waals surface area contributed by atoms with E-state index in [1.54, 1.807) is 0 Å². The Hall–Kier alpha value is 0.993. The van der Waals surface area contributed by atoms with E-state index in [1.807, 2.05) is 0 Å². The molecule has 4 nitrogen and oxygen atoms in total. The Morgan fingerprint density at radius 2 is 1.33 bits per heavy atom. The van der Waals surface area contributed by atoms with Crippen LogP contribution in [0.25, 0.3) is 0 Å². The largest absolute Gasteiger partial charge is 1.00 e. The van der Waals surface area contributed by atoms with Gasteiger partial charge >= 0.3 is 9.25 Å². The first-order valence-corrected chi connectivity index (χ1v) is 2.35. The minimum Gasteiger partial charge on any atom is -0.303 e. The quantitative estimate of drug-likeness (QED) is 0.436. The van der Waals surface area contributed by atoms with Crippen molar-refractivity contribution in [3.05, 3.63) is 0 Å². The van der Waals surface area contributed by atoms with Crippen molar-refractivity contribution in [3.8, 4) is 0 Å². The molecule has 0 aliphatic carbocycles. The normalized spacial score (nSPS) is 9.83. The molecule has 0 saturated heterocycles. The second-order valence-corrected chi connectivity index (χ2v) is 1.54. The van der Waals surface area contributed by atoms with Crippen LogP contribution in [0.2, 0.25) is 0 Å². The first-order valence-electron chi connectivity index (χ1n) is 0.783. The maximum Gasteiger partial charge on any atom is 1.00 e. The van der Waals surface area contributed by atoms with Gasteiger partial charge in [-0.1, -0.05) is 0 Å². The van der Waals surface area contributed by atoms with Crippen LogP contribution in [0.15, 0.2) is 0 Å². The molecule has 0 spiro atoms. The van der Waals surface area contributed by atoms with Crippen LogP contribution in [-0.4, -0.2) is 14.7 Å². The van der Waals surface area contributed by atoms with Gasteiger partial charge in [-0.3, -0.25) is 0 Å². The fourth-order valence-electron chi connectivity index (χ4n) is 0. The summed E-state index contributed by atoms with van der Waals surface area (Å²) >= 11 is 0. The molecule has 0 aromatic heterocycles. The Bertz CT molecular complexity index is 57.8. The summed E-state index contributed by atoms with van der Waals surface area (Å²) in [5.74, 6) is 0. The van der Waals surface area contributed by atoms with Gasteiger partial charge in [0.15, 0.2) is 0 Å². The predicted octanol–water partition coefficient (Wildman–Crippen LogP) is -0.819. The van der Waals surface area contributed by atoms with Gasteiger partial charge < -0.3 is 14.7 Å². The molecule has 0 aliphatic heterocycles. The molecule has 0 rings (SSSR count). The van der Waals surface area contributed by atoms with Crippen molar-refractivity contribution in [1.29, 1.82) is 0 Å². The van der Waals surface area contributed by atoms with Gasteiger partial charge in [-0.05, 0) is 0 Å². The Labute approximate surface area is 55.0 Å². The molecule has 0 unspecified atom stereocenters. The first-order chi connectivity index (χ1) is 2.00. The van der Waals surface area contributed by atoms with E-state index in [0.29, 0.717) is 0 Å². The van der Waals surface area contributed by atoms with E-state index in [2.05, 4.69) is 0 Å². The Kier molecular flexibility index (Phi) is 5.13. The molecule has 0 bridgehead atoms. The number of phosphoric acid groups is 1. The van der Waals surface area contributed by atoms with Crippen LogP contribution in [0.4, 0.5) is 0 Å². The summed E-state index contributed by atoms with van der Waals surface area (Å²) in [6.07, 6.45) is 0. The molecule has 6 heavy (non-hydrogen) atoms. The molecule has 0 atom stereocenters. The Morgan fingerprint density at radius 3 is 1.33 bits per heavy atom. The summed E-state index contributed by atoms with van der Waals surface area (Å²) < 4.78 is 8.88. The van der Waals surface area contributed by atoms with Crippen LogP contribution >= 0.6 is 7.82 Å². The average molecular weight is 190 g/mol. The molecule has 0 amide bonds. The van der Waals surface area contributed by atoms with E-state index < -0.39 is 7.82 Å². The summed E-state index contributed by atoms with van der Waals surface area (Å²) in [6, 6.07) is 0. The fourth-order valence-corrected chi connectivity index (χ4v) is 0. The standard InChI is InChI=1S/H3O4P.Zr/c1-5(2,3)4;/h(H3,1,2,3,4);/p+1. The number of hydrogen-bond donors (Lipinski definition) is 3. The third-order valence-corrected chi connectivity index (χ3v) is 0. The zero-order valence-electron chi connectivity index (χ0n) is 3.70. The monoisotopic (exact) mass is 189 g/mol. The smallest absolute Gasteiger partial charge is 0.303 e. The summed E-state index contributed by atoms with van der Waals surface area (Å²) in [7, 11) is -4.64. The van der Waals surface area contributed by atoms with Crippen molar-refractivity contribution in [2.45, 2.75) is 0 Å². The van der Waals surface area contributed by atoms with Crippen molar-refractivity contribution in [2.75, 3.05) is 0 Å². The van der Waals surface area contributed by atoms with Crippen LogP contribution in [0.3, 0.4) is 0 Å². The topological polar surface area (TPSA) is 77.8 Å². The van der Waals surface area contributed by atoms with E-state index in [0.717, 1.165) is 0 Å². The van der Waals surface area contributed by atoms with Crippen molar-refractivity contribution in [1.82, 2.24) is 0 Å².